The monoisotopic (exact) mass is 404 g/mol. The molecule has 0 spiro atoms. The number of rotatable bonds is 5. The second-order valence-corrected chi connectivity index (χ2v) is 8.96. The lowest BCUT2D eigenvalue weighted by molar-refractivity contribution is 0.270. The molecule has 28 heavy (non-hydrogen) atoms. The Hall–Kier alpha value is -2.30. The van der Waals surface area contributed by atoms with E-state index in [0.717, 1.165) is 35.0 Å². The normalized spacial score (nSPS) is 19.6. The minimum atomic E-state index is 0.282. The Kier molecular flexibility index (Phi) is 5.98. The van der Waals surface area contributed by atoms with Crippen molar-refractivity contribution in [2.45, 2.75) is 35.6 Å². The first kappa shape index (κ1) is 19.0. The minimum Gasteiger partial charge on any atom is -0.398 e. The third kappa shape index (κ3) is 4.40. The molecule has 2 nitrogen and oxygen atoms in total. The molecule has 4 heteroatoms. The number of likely N-dealkylation sites (tertiary alicyclic amines) is 1. The van der Waals surface area contributed by atoms with Crippen molar-refractivity contribution in [3.05, 3.63) is 96.1 Å². The fourth-order valence-electron chi connectivity index (χ4n) is 3.77. The SMILES string of the molecule is Nc1ccccc1S[C@@H]1CC(=S)N(Cc2ccccc2)[C@@H](c2ccccc2)C1. The van der Waals surface area contributed by atoms with Crippen molar-refractivity contribution in [2.75, 3.05) is 5.73 Å². The van der Waals surface area contributed by atoms with E-state index in [-0.39, 0.29) is 6.04 Å². The average molecular weight is 405 g/mol. The highest BCUT2D eigenvalue weighted by Crippen LogP contribution is 2.41. The van der Waals surface area contributed by atoms with Gasteiger partial charge in [0.1, 0.15) is 0 Å². The number of anilines is 1. The molecule has 1 heterocycles. The van der Waals surface area contributed by atoms with Crippen LogP contribution in [-0.4, -0.2) is 15.1 Å². The number of nitrogen functional groups attached to an aromatic ring is 1. The van der Waals surface area contributed by atoms with Crippen LogP contribution in [0, 0.1) is 0 Å². The van der Waals surface area contributed by atoms with Gasteiger partial charge in [-0.3, -0.25) is 0 Å². The van der Waals surface area contributed by atoms with Gasteiger partial charge in [-0.15, -0.1) is 11.8 Å². The Morgan fingerprint density at radius 3 is 2.25 bits per heavy atom. The zero-order valence-corrected chi connectivity index (χ0v) is 17.3. The maximum atomic E-state index is 6.18. The van der Waals surface area contributed by atoms with Gasteiger partial charge < -0.3 is 10.6 Å². The van der Waals surface area contributed by atoms with Gasteiger partial charge in [0.05, 0.1) is 11.0 Å². The number of thiocarbonyl (C=S) groups is 1. The molecule has 1 aliphatic heterocycles. The van der Waals surface area contributed by atoms with Crippen molar-refractivity contribution < 1.29 is 0 Å². The standard InChI is InChI=1S/C24H24N2S2/c25-21-13-7-8-14-23(21)28-20-15-22(19-11-5-2-6-12-19)26(24(27)16-20)17-18-9-3-1-4-10-18/h1-14,20,22H,15-17,25H2/t20-,22+/m0/s1. The molecule has 2 atom stereocenters. The average Bonchev–Trinajstić information content (AvgIpc) is 2.73. The summed E-state index contributed by atoms with van der Waals surface area (Å²) in [6.45, 7) is 0.851. The van der Waals surface area contributed by atoms with Crippen LogP contribution in [0.4, 0.5) is 5.69 Å². The van der Waals surface area contributed by atoms with E-state index in [0.29, 0.717) is 5.25 Å². The van der Waals surface area contributed by atoms with Gasteiger partial charge in [-0.2, -0.15) is 0 Å². The summed E-state index contributed by atoms with van der Waals surface area (Å²) in [5, 5.41) is 0.425. The van der Waals surface area contributed by atoms with E-state index in [1.54, 1.807) is 0 Å². The Bertz CT molecular complexity index is 928. The van der Waals surface area contributed by atoms with E-state index in [1.165, 1.54) is 11.1 Å². The molecule has 142 valence electrons. The lowest BCUT2D eigenvalue weighted by atomic mass is 9.94. The number of nitrogens with two attached hydrogens (primary N) is 1. The van der Waals surface area contributed by atoms with Crippen LogP contribution >= 0.6 is 24.0 Å². The molecular formula is C24H24N2S2. The second-order valence-electron chi connectivity index (χ2n) is 7.15. The van der Waals surface area contributed by atoms with Crippen molar-refractivity contribution >= 4 is 34.7 Å². The van der Waals surface area contributed by atoms with Gasteiger partial charge in [-0.25, -0.2) is 0 Å². The largest absolute Gasteiger partial charge is 0.398 e. The Morgan fingerprint density at radius 2 is 1.54 bits per heavy atom. The third-order valence-electron chi connectivity index (χ3n) is 5.18. The quantitative estimate of drug-likeness (QED) is 0.411. The fraction of sp³-hybridized carbons (Fsp3) is 0.208. The number of para-hydroxylation sites is 1. The van der Waals surface area contributed by atoms with Gasteiger partial charge in [0.2, 0.25) is 0 Å². The first-order chi connectivity index (χ1) is 13.7. The van der Waals surface area contributed by atoms with Gasteiger partial charge in [0.25, 0.3) is 0 Å². The molecule has 3 aromatic rings. The number of benzene rings is 3. The van der Waals surface area contributed by atoms with Crippen LogP contribution in [0.5, 0.6) is 0 Å². The van der Waals surface area contributed by atoms with Crippen molar-refractivity contribution in [2.24, 2.45) is 0 Å². The summed E-state index contributed by atoms with van der Waals surface area (Å²) in [6.07, 6.45) is 1.96. The summed E-state index contributed by atoms with van der Waals surface area (Å²) >= 11 is 7.77. The molecular weight excluding hydrogens is 380 g/mol. The van der Waals surface area contributed by atoms with E-state index < -0.39 is 0 Å². The topological polar surface area (TPSA) is 29.3 Å². The minimum absolute atomic E-state index is 0.282. The highest BCUT2D eigenvalue weighted by atomic mass is 32.2. The summed E-state index contributed by atoms with van der Waals surface area (Å²) < 4.78 is 0. The highest BCUT2D eigenvalue weighted by Gasteiger charge is 2.33. The predicted octanol–water partition coefficient (Wildman–Crippen LogP) is 6.09. The molecule has 0 bridgehead atoms. The zero-order valence-electron chi connectivity index (χ0n) is 15.7. The van der Waals surface area contributed by atoms with Crippen molar-refractivity contribution in [1.29, 1.82) is 0 Å². The number of piperidine rings is 1. The molecule has 0 unspecified atom stereocenters. The van der Waals surface area contributed by atoms with Crippen LogP contribution in [0.15, 0.2) is 89.8 Å². The molecule has 1 saturated heterocycles. The zero-order chi connectivity index (χ0) is 19.3. The predicted molar refractivity (Wildman–Crippen MR) is 123 cm³/mol. The maximum absolute atomic E-state index is 6.18. The first-order valence-corrected chi connectivity index (χ1v) is 10.9. The van der Waals surface area contributed by atoms with E-state index in [4.69, 9.17) is 18.0 Å². The highest BCUT2D eigenvalue weighted by molar-refractivity contribution is 8.00. The number of hydrogen-bond acceptors (Lipinski definition) is 3. The van der Waals surface area contributed by atoms with Gasteiger partial charge in [0.15, 0.2) is 0 Å². The molecule has 1 fully saturated rings. The number of thioether (sulfide) groups is 1. The molecule has 0 aliphatic carbocycles. The molecule has 3 aromatic carbocycles. The Labute approximate surface area is 176 Å². The smallest absolute Gasteiger partial charge is 0.0798 e. The van der Waals surface area contributed by atoms with Crippen LogP contribution in [0.3, 0.4) is 0 Å². The van der Waals surface area contributed by atoms with Gasteiger partial charge in [0, 0.05) is 28.8 Å². The van der Waals surface area contributed by atoms with Crippen molar-refractivity contribution in [3.8, 4) is 0 Å². The molecule has 0 saturated carbocycles. The molecule has 0 radical (unpaired) electrons. The van der Waals surface area contributed by atoms with Crippen LogP contribution < -0.4 is 5.73 Å². The fourth-order valence-corrected chi connectivity index (χ4v) is 5.51. The first-order valence-electron chi connectivity index (χ1n) is 9.60. The van der Waals surface area contributed by atoms with Gasteiger partial charge >= 0.3 is 0 Å². The van der Waals surface area contributed by atoms with Crippen LogP contribution in [-0.2, 0) is 6.54 Å². The van der Waals surface area contributed by atoms with Gasteiger partial charge in [-0.05, 0) is 29.7 Å². The van der Waals surface area contributed by atoms with E-state index in [9.17, 15) is 0 Å². The second kappa shape index (κ2) is 8.80. The maximum Gasteiger partial charge on any atom is 0.0798 e. The lowest BCUT2D eigenvalue weighted by Crippen LogP contribution is -2.40. The van der Waals surface area contributed by atoms with Crippen LogP contribution in [0.2, 0.25) is 0 Å². The van der Waals surface area contributed by atoms with E-state index >= 15 is 0 Å². The molecule has 1 aliphatic rings. The Morgan fingerprint density at radius 1 is 0.893 bits per heavy atom. The molecule has 2 N–H and O–H groups in total. The van der Waals surface area contributed by atoms with Crippen molar-refractivity contribution in [1.82, 2.24) is 4.90 Å². The summed E-state index contributed by atoms with van der Waals surface area (Å²) in [4.78, 5) is 4.60. The number of nitrogens with zero attached hydrogens (tertiary/aromatic N) is 1. The third-order valence-corrected chi connectivity index (χ3v) is 6.90. The van der Waals surface area contributed by atoms with E-state index in [2.05, 4.69) is 77.7 Å². The summed E-state index contributed by atoms with van der Waals surface area (Å²) in [7, 11) is 0. The van der Waals surface area contributed by atoms with Crippen LogP contribution in [0.25, 0.3) is 0 Å². The number of hydrogen-bond donors (Lipinski definition) is 1. The van der Waals surface area contributed by atoms with Gasteiger partial charge in [-0.1, -0.05) is 85.0 Å². The lowest BCUT2D eigenvalue weighted by Gasteiger charge is -2.41. The molecule has 0 amide bonds. The molecule has 4 rings (SSSR count). The van der Waals surface area contributed by atoms with E-state index in [1.807, 2.05) is 23.9 Å². The summed E-state index contributed by atoms with van der Waals surface area (Å²) in [6, 6.07) is 29.7. The molecule has 0 aromatic heterocycles. The summed E-state index contributed by atoms with van der Waals surface area (Å²) in [5.41, 5.74) is 9.65. The van der Waals surface area contributed by atoms with Crippen molar-refractivity contribution in [3.63, 3.8) is 0 Å². The summed E-state index contributed by atoms with van der Waals surface area (Å²) in [5.74, 6) is 0. The Balaban J connectivity index is 1.59. The van der Waals surface area contributed by atoms with Crippen LogP contribution in [0.1, 0.15) is 30.0 Å².